The molecular weight excluding hydrogens is 196 g/mol. The van der Waals surface area contributed by atoms with E-state index >= 15 is 0 Å². The van der Waals surface area contributed by atoms with Gasteiger partial charge in [0.15, 0.2) is 0 Å². The van der Waals surface area contributed by atoms with Crippen LogP contribution in [0, 0.1) is 6.92 Å². The second-order valence-electron chi connectivity index (χ2n) is 4.51. The number of hydrogen-bond donors (Lipinski definition) is 2. The Labute approximate surface area is 97.5 Å². The highest BCUT2D eigenvalue weighted by Gasteiger charge is 2.04. The first-order valence-electron chi connectivity index (χ1n) is 6.03. The first-order valence-corrected chi connectivity index (χ1v) is 6.03. The minimum atomic E-state index is 0.835. The van der Waals surface area contributed by atoms with E-state index in [4.69, 9.17) is 5.73 Å². The van der Waals surface area contributed by atoms with Gasteiger partial charge < -0.3 is 11.1 Å². The molecule has 0 fully saturated rings. The molecule has 16 heavy (non-hydrogen) atoms. The van der Waals surface area contributed by atoms with E-state index in [-0.39, 0.29) is 0 Å². The average Bonchev–Trinajstić information content (AvgIpc) is 2.74. The summed E-state index contributed by atoms with van der Waals surface area (Å²) in [4.78, 5) is 0. The van der Waals surface area contributed by atoms with Crippen LogP contribution in [0.3, 0.4) is 0 Å². The van der Waals surface area contributed by atoms with Crippen LogP contribution >= 0.6 is 0 Å². The topological polar surface area (TPSA) is 38.0 Å². The fourth-order valence-corrected chi connectivity index (χ4v) is 2.21. The minimum Gasteiger partial charge on any atom is -0.399 e. The van der Waals surface area contributed by atoms with Crippen LogP contribution in [0.15, 0.2) is 29.8 Å². The number of nitrogen functional groups attached to an aromatic ring is 1. The van der Waals surface area contributed by atoms with Gasteiger partial charge in [-0.25, -0.2) is 0 Å². The van der Waals surface area contributed by atoms with Gasteiger partial charge in [-0.2, -0.15) is 0 Å². The smallest absolute Gasteiger partial charge is 0.0371 e. The molecule has 0 bridgehead atoms. The van der Waals surface area contributed by atoms with Gasteiger partial charge in [-0.15, -0.1) is 0 Å². The molecule has 2 nitrogen and oxygen atoms in total. The summed E-state index contributed by atoms with van der Waals surface area (Å²) in [5.74, 6) is 0. The minimum absolute atomic E-state index is 0.835. The van der Waals surface area contributed by atoms with E-state index in [2.05, 4.69) is 24.4 Å². The second kappa shape index (κ2) is 5.06. The molecule has 0 unspecified atom stereocenters. The van der Waals surface area contributed by atoms with Crippen molar-refractivity contribution in [2.75, 3.05) is 17.6 Å². The van der Waals surface area contributed by atoms with E-state index in [1.54, 1.807) is 5.57 Å². The Morgan fingerprint density at radius 1 is 1.38 bits per heavy atom. The molecule has 1 aliphatic rings. The molecule has 1 aromatic carbocycles. The van der Waals surface area contributed by atoms with Crippen molar-refractivity contribution in [1.82, 2.24) is 0 Å². The van der Waals surface area contributed by atoms with E-state index in [9.17, 15) is 0 Å². The summed E-state index contributed by atoms with van der Waals surface area (Å²) in [5, 5.41) is 3.47. The van der Waals surface area contributed by atoms with E-state index in [1.807, 2.05) is 12.1 Å². The maximum absolute atomic E-state index is 5.72. The lowest BCUT2D eigenvalue weighted by Crippen LogP contribution is -2.04. The first-order chi connectivity index (χ1) is 7.75. The Bertz CT molecular complexity index is 394. The van der Waals surface area contributed by atoms with Crippen molar-refractivity contribution in [2.45, 2.75) is 32.6 Å². The number of nitrogens with two attached hydrogens (primary N) is 1. The predicted octanol–water partition coefficient (Wildman–Crippen LogP) is 3.49. The van der Waals surface area contributed by atoms with Crippen LogP contribution < -0.4 is 11.1 Å². The Morgan fingerprint density at radius 3 is 2.94 bits per heavy atom. The number of rotatable bonds is 4. The zero-order valence-electron chi connectivity index (χ0n) is 9.92. The van der Waals surface area contributed by atoms with Gasteiger partial charge in [0.2, 0.25) is 0 Å². The third-order valence-electron chi connectivity index (χ3n) is 3.15. The van der Waals surface area contributed by atoms with Crippen molar-refractivity contribution in [2.24, 2.45) is 0 Å². The van der Waals surface area contributed by atoms with Gasteiger partial charge in [-0.3, -0.25) is 0 Å². The van der Waals surface area contributed by atoms with E-state index in [1.165, 1.54) is 36.9 Å². The molecule has 86 valence electrons. The van der Waals surface area contributed by atoms with Gasteiger partial charge in [-0.1, -0.05) is 11.6 Å². The Kier molecular flexibility index (Phi) is 3.50. The number of allylic oxidation sites excluding steroid dienone is 1. The Balaban J connectivity index is 1.84. The van der Waals surface area contributed by atoms with Crippen LogP contribution in [0.4, 0.5) is 11.4 Å². The number of nitrogens with one attached hydrogen (secondary N) is 1. The maximum Gasteiger partial charge on any atom is 0.0371 e. The molecule has 0 aliphatic heterocycles. The Morgan fingerprint density at radius 2 is 2.25 bits per heavy atom. The molecule has 0 aromatic heterocycles. The molecule has 0 heterocycles. The first kappa shape index (κ1) is 11.1. The number of hydrogen-bond acceptors (Lipinski definition) is 2. The van der Waals surface area contributed by atoms with Gasteiger partial charge in [0.1, 0.15) is 0 Å². The standard InChI is InChI=1S/C14H20N2/c1-11-10-13(15)6-7-14(11)16-9-8-12-4-2-3-5-12/h4,6-7,10,16H,2-3,5,8-9,15H2,1H3. The van der Waals surface area contributed by atoms with E-state index in [0.717, 1.165) is 12.2 Å². The SMILES string of the molecule is Cc1cc(N)ccc1NCCC1=CCCC1. The van der Waals surface area contributed by atoms with Crippen LogP contribution in [0.2, 0.25) is 0 Å². The number of aryl methyl sites for hydroxylation is 1. The third-order valence-corrected chi connectivity index (χ3v) is 3.15. The van der Waals surface area contributed by atoms with Crippen molar-refractivity contribution >= 4 is 11.4 Å². The second-order valence-corrected chi connectivity index (χ2v) is 4.51. The zero-order valence-corrected chi connectivity index (χ0v) is 9.92. The summed E-state index contributed by atoms with van der Waals surface area (Å²) in [7, 11) is 0. The van der Waals surface area contributed by atoms with Crippen LogP contribution in [0.5, 0.6) is 0 Å². The molecule has 2 rings (SSSR count). The van der Waals surface area contributed by atoms with Gasteiger partial charge in [0.05, 0.1) is 0 Å². The number of anilines is 2. The normalized spacial score (nSPS) is 14.9. The maximum atomic E-state index is 5.72. The van der Waals surface area contributed by atoms with Crippen LogP contribution in [0.25, 0.3) is 0 Å². The van der Waals surface area contributed by atoms with Gasteiger partial charge in [0.25, 0.3) is 0 Å². The van der Waals surface area contributed by atoms with Crippen molar-refractivity contribution < 1.29 is 0 Å². The lowest BCUT2D eigenvalue weighted by atomic mass is 10.1. The van der Waals surface area contributed by atoms with Crippen molar-refractivity contribution in [3.05, 3.63) is 35.4 Å². The molecule has 3 N–H and O–H groups in total. The van der Waals surface area contributed by atoms with Gasteiger partial charge >= 0.3 is 0 Å². The highest BCUT2D eigenvalue weighted by atomic mass is 14.9. The predicted molar refractivity (Wildman–Crippen MR) is 70.6 cm³/mol. The molecule has 1 aromatic rings. The van der Waals surface area contributed by atoms with Crippen LogP contribution in [-0.2, 0) is 0 Å². The molecule has 0 amide bonds. The van der Waals surface area contributed by atoms with Crippen molar-refractivity contribution in [3.8, 4) is 0 Å². The van der Waals surface area contributed by atoms with Gasteiger partial charge in [-0.05, 0) is 56.4 Å². The fourth-order valence-electron chi connectivity index (χ4n) is 2.21. The van der Waals surface area contributed by atoms with Crippen molar-refractivity contribution in [3.63, 3.8) is 0 Å². The fraction of sp³-hybridized carbons (Fsp3) is 0.429. The van der Waals surface area contributed by atoms with Crippen LogP contribution in [0.1, 0.15) is 31.2 Å². The number of benzene rings is 1. The third kappa shape index (κ3) is 2.78. The highest BCUT2D eigenvalue weighted by molar-refractivity contribution is 5.57. The Hall–Kier alpha value is -1.44. The molecule has 0 saturated carbocycles. The van der Waals surface area contributed by atoms with Crippen LogP contribution in [-0.4, -0.2) is 6.54 Å². The molecule has 1 aliphatic carbocycles. The summed E-state index contributed by atoms with van der Waals surface area (Å²) in [6.45, 7) is 3.12. The van der Waals surface area contributed by atoms with Crippen molar-refractivity contribution in [1.29, 1.82) is 0 Å². The zero-order chi connectivity index (χ0) is 11.4. The lowest BCUT2D eigenvalue weighted by molar-refractivity contribution is 0.863. The molecule has 0 spiro atoms. The molecule has 0 radical (unpaired) electrons. The summed E-state index contributed by atoms with van der Waals surface area (Å²) >= 11 is 0. The quantitative estimate of drug-likeness (QED) is 0.597. The lowest BCUT2D eigenvalue weighted by Gasteiger charge is -2.10. The molecule has 0 atom stereocenters. The summed E-state index contributed by atoms with van der Waals surface area (Å²) in [5.41, 5.74) is 10.6. The summed E-state index contributed by atoms with van der Waals surface area (Å²) in [6, 6.07) is 6.02. The molecular formula is C14H20N2. The monoisotopic (exact) mass is 216 g/mol. The summed E-state index contributed by atoms with van der Waals surface area (Å²) in [6.07, 6.45) is 7.47. The molecule has 2 heteroatoms. The molecule has 0 saturated heterocycles. The van der Waals surface area contributed by atoms with Gasteiger partial charge in [0, 0.05) is 17.9 Å². The van der Waals surface area contributed by atoms with E-state index in [0.29, 0.717) is 0 Å². The highest BCUT2D eigenvalue weighted by Crippen LogP contribution is 2.21. The largest absolute Gasteiger partial charge is 0.399 e. The summed E-state index contributed by atoms with van der Waals surface area (Å²) < 4.78 is 0. The average molecular weight is 216 g/mol. The van der Waals surface area contributed by atoms with E-state index < -0.39 is 0 Å².